The van der Waals surface area contributed by atoms with Crippen LogP contribution in [-0.2, 0) is 16.1 Å². The van der Waals surface area contributed by atoms with Crippen LogP contribution in [0.15, 0.2) is 48.5 Å². The van der Waals surface area contributed by atoms with Gasteiger partial charge in [-0.1, -0.05) is 18.2 Å². The number of hydrogen-bond acceptors (Lipinski definition) is 2. The van der Waals surface area contributed by atoms with Crippen molar-refractivity contribution < 1.29 is 18.4 Å². The lowest BCUT2D eigenvalue weighted by atomic mass is 10.1. The van der Waals surface area contributed by atoms with Gasteiger partial charge in [-0.05, 0) is 48.7 Å². The van der Waals surface area contributed by atoms with E-state index in [1.807, 2.05) is 6.07 Å². The Kier molecular flexibility index (Phi) is 5.41. The first-order chi connectivity index (χ1) is 12.5. The van der Waals surface area contributed by atoms with Gasteiger partial charge in [0, 0.05) is 29.8 Å². The molecule has 2 aromatic carbocycles. The van der Waals surface area contributed by atoms with Crippen LogP contribution in [-0.4, -0.2) is 11.8 Å². The van der Waals surface area contributed by atoms with Crippen LogP contribution < -0.4 is 10.6 Å². The van der Waals surface area contributed by atoms with Gasteiger partial charge in [-0.3, -0.25) is 9.59 Å². The van der Waals surface area contributed by atoms with Crippen LogP contribution >= 0.6 is 0 Å². The van der Waals surface area contributed by atoms with Crippen molar-refractivity contribution in [2.45, 2.75) is 19.4 Å². The van der Waals surface area contributed by atoms with E-state index in [1.165, 1.54) is 6.07 Å². The number of rotatable bonds is 6. The van der Waals surface area contributed by atoms with Crippen molar-refractivity contribution in [2.24, 2.45) is 5.92 Å². The molecular weight excluding hydrogens is 338 g/mol. The van der Waals surface area contributed by atoms with E-state index in [0.29, 0.717) is 5.69 Å². The van der Waals surface area contributed by atoms with Crippen LogP contribution in [0, 0.1) is 17.6 Å². The minimum Gasteiger partial charge on any atom is -0.348 e. The molecule has 4 nitrogen and oxygen atoms in total. The number of carbonyl (C=O) groups is 2. The molecule has 0 aliphatic heterocycles. The fourth-order valence-corrected chi connectivity index (χ4v) is 2.43. The Bertz CT molecular complexity index is 840. The van der Waals surface area contributed by atoms with Crippen molar-refractivity contribution in [2.75, 3.05) is 5.32 Å². The lowest BCUT2D eigenvalue weighted by Gasteiger charge is -2.07. The van der Waals surface area contributed by atoms with Gasteiger partial charge in [-0.2, -0.15) is 0 Å². The summed E-state index contributed by atoms with van der Waals surface area (Å²) < 4.78 is 27.0. The van der Waals surface area contributed by atoms with E-state index in [2.05, 4.69) is 10.6 Å². The van der Waals surface area contributed by atoms with Gasteiger partial charge in [0.15, 0.2) is 0 Å². The minimum atomic E-state index is -0.729. The normalized spacial score (nSPS) is 13.6. The molecule has 1 aliphatic carbocycles. The fourth-order valence-electron chi connectivity index (χ4n) is 2.43. The molecule has 134 valence electrons. The van der Waals surface area contributed by atoms with E-state index in [1.54, 1.807) is 18.2 Å². The Labute approximate surface area is 149 Å². The highest BCUT2D eigenvalue weighted by Gasteiger charge is 2.29. The number of nitrogens with one attached hydrogen (secondary N) is 2. The largest absolute Gasteiger partial charge is 0.348 e. The maximum atomic E-state index is 13.5. The second-order valence-corrected chi connectivity index (χ2v) is 6.15. The van der Waals surface area contributed by atoms with Crippen molar-refractivity contribution in [3.8, 4) is 0 Å². The van der Waals surface area contributed by atoms with Gasteiger partial charge >= 0.3 is 0 Å². The minimum absolute atomic E-state index is 0.0148. The number of halogens is 2. The highest BCUT2D eigenvalue weighted by atomic mass is 19.1. The quantitative estimate of drug-likeness (QED) is 0.777. The Morgan fingerprint density at radius 3 is 2.46 bits per heavy atom. The van der Waals surface area contributed by atoms with Crippen LogP contribution in [0.4, 0.5) is 14.5 Å². The second kappa shape index (κ2) is 7.91. The average Bonchev–Trinajstić information content (AvgIpc) is 3.45. The zero-order chi connectivity index (χ0) is 18.5. The molecule has 0 unspecified atom stereocenters. The molecule has 6 heteroatoms. The van der Waals surface area contributed by atoms with E-state index in [-0.39, 0.29) is 23.9 Å². The maximum Gasteiger partial charge on any atom is 0.244 e. The number of amides is 2. The van der Waals surface area contributed by atoms with Crippen LogP contribution in [0.3, 0.4) is 0 Å². The average molecular weight is 356 g/mol. The van der Waals surface area contributed by atoms with E-state index < -0.39 is 17.5 Å². The van der Waals surface area contributed by atoms with Crippen molar-refractivity contribution in [3.63, 3.8) is 0 Å². The van der Waals surface area contributed by atoms with Crippen LogP contribution in [0.5, 0.6) is 0 Å². The maximum absolute atomic E-state index is 13.5. The monoisotopic (exact) mass is 356 g/mol. The van der Waals surface area contributed by atoms with Crippen molar-refractivity contribution in [1.82, 2.24) is 5.32 Å². The standard InChI is InChI=1S/C20H18F2N2O2/c21-17-5-2-6-18(22)16(17)9-10-19(25)23-12-13-3-1-4-15(11-13)24-20(26)14-7-8-14/h1-6,9-11,14H,7-8,12H2,(H,23,25)(H,24,26). The summed E-state index contributed by atoms with van der Waals surface area (Å²) in [5.41, 5.74) is 1.22. The van der Waals surface area contributed by atoms with Crippen LogP contribution in [0.1, 0.15) is 24.0 Å². The molecule has 2 aromatic rings. The molecule has 2 amide bonds. The third kappa shape index (κ3) is 4.75. The summed E-state index contributed by atoms with van der Waals surface area (Å²) in [6, 6.07) is 10.7. The molecule has 2 N–H and O–H groups in total. The summed E-state index contributed by atoms with van der Waals surface area (Å²) in [5.74, 6) is -1.80. The Morgan fingerprint density at radius 2 is 1.77 bits per heavy atom. The summed E-state index contributed by atoms with van der Waals surface area (Å²) in [5, 5.41) is 5.48. The van der Waals surface area contributed by atoms with Crippen molar-refractivity contribution in [1.29, 1.82) is 0 Å². The highest BCUT2D eigenvalue weighted by Crippen LogP contribution is 2.30. The molecular formula is C20H18F2N2O2. The topological polar surface area (TPSA) is 58.2 Å². The first kappa shape index (κ1) is 17.8. The molecule has 3 rings (SSSR count). The molecule has 1 aliphatic rings. The number of hydrogen-bond donors (Lipinski definition) is 2. The number of benzene rings is 2. The zero-order valence-electron chi connectivity index (χ0n) is 14.0. The predicted molar refractivity (Wildman–Crippen MR) is 95.0 cm³/mol. The predicted octanol–water partition coefficient (Wildman–Crippen LogP) is 3.64. The molecule has 0 heterocycles. The van der Waals surface area contributed by atoms with E-state index in [4.69, 9.17) is 0 Å². The third-order valence-electron chi connectivity index (χ3n) is 4.01. The molecule has 0 atom stereocenters. The van der Waals surface area contributed by atoms with Gasteiger partial charge in [0.05, 0.1) is 0 Å². The lowest BCUT2D eigenvalue weighted by molar-refractivity contribution is -0.117. The molecule has 1 saturated carbocycles. The molecule has 0 saturated heterocycles. The van der Waals surface area contributed by atoms with Gasteiger partial charge in [0.1, 0.15) is 11.6 Å². The molecule has 0 spiro atoms. The Balaban J connectivity index is 1.55. The summed E-state index contributed by atoms with van der Waals surface area (Å²) in [6.07, 6.45) is 4.04. The molecule has 1 fully saturated rings. The molecule has 0 aromatic heterocycles. The van der Waals surface area contributed by atoms with Crippen molar-refractivity contribution in [3.05, 3.63) is 71.3 Å². The van der Waals surface area contributed by atoms with Crippen molar-refractivity contribution >= 4 is 23.6 Å². The van der Waals surface area contributed by atoms with Gasteiger partial charge in [0.2, 0.25) is 11.8 Å². The van der Waals surface area contributed by atoms with E-state index in [0.717, 1.165) is 42.7 Å². The Hall–Kier alpha value is -3.02. The van der Waals surface area contributed by atoms with E-state index >= 15 is 0 Å². The summed E-state index contributed by atoms with van der Waals surface area (Å²) in [4.78, 5) is 23.6. The second-order valence-electron chi connectivity index (χ2n) is 6.15. The van der Waals surface area contributed by atoms with Gasteiger partial charge in [0.25, 0.3) is 0 Å². The summed E-state index contributed by atoms with van der Waals surface area (Å²) in [7, 11) is 0. The Morgan fingerprint density at radius 1 is 1.08 bits per heavy atom. The van der Waals surface area contributed by atoms with Gasteiger partial charge in [-0.25, -0.2) is 8.78 Å². The highest BCUT2D eigenvalue weighted by molar-refractivity contribution is 5.94. The van der Waals surface area contributed by atoms with E-state index in [9.17, 15) is 18.4 Å². The summed E-state index contributed by atoms with van der Waals surface area (Å²) >= 11 is 0. The van der Waals surface area contributed by atoms with Gasteiger partial charge in [-0.15, -0.1) is 0 Å². The fraction of sp³-hybridized carbons (Fsp3) is 0.200. The lowest BCUT2D eigenvalue weighted by Crippen LogP contribution is -2.20. The van der Waals surface area contributed by atoms with Gasteiger partial charge < -0.3 is 10.6 Å². The first-order valence-corrected chi connectivity index (χ1v) is 8.32. The first-order valence-electron chi connectivity index (χ1n) is 8.32. The smallest absolute Gasteiger partial charge is 0.244 e. The number of carbonyl (C=O) groups excluding carboxylic acids is 2. The molecule has 0 bridgehead atoms. The SMILES string of the molecule is O=C(C=Cc1c(F)cccc1F)NCc1cccc(NC(=O)C2CC2)c1. The summed E-state index contributed by atoms with van der Waals surface area (Å²) in [6.45, 7) is 0.232. The number of anilines is 1. The van der Waals surface area contributed by atoms with Crippen LogP contribution in [0.25, 0.3) is 6.08 Å². The molecule has 26 heavy (non-hydrogen) atoms. The third-order valence-corrected chi connectivity index (χ3v) is 4.01. The zero-order valence-corrected chi connectivity index (χ0v) is 14.0. The molecule has 0 radical (unpaired) electrons. The van der Waals surface area contributed by atoms with Crippen LogP contribution in [0.2, 0.25) is 0 Å².